The Labute approximate surface area is 89.1 Å². The fourth-order valence-corrected chi connectivity index (χ4v) is 2.23. The Bertz CT molecular complexity index is 367. The lowest BCUT2D eigenvalue weighted by Gasteiger charge is -2.15. The van der Waals surface area contributed by atoms with Gasteiger partial charge in [-0.3, -0.25) is 4.79 Å². The highest BCUT2D eigenvalue weighted by Crippen LogP contribution is 2.52. The van der Waals surface area contributed by atoms with Crippen molar-refractivity contribution in [1.29, 1.82) is 0 Å². The van der Waals surface area contributed by atoms with Crippen LogP contribution in [0, 0.1) is 0 Å². The van der Waals surface area contributed by atoms with E-state index in [1.807, 2.05) is 12.1 Å². The summed E-state index contributed by atoms with van der Waals surface area (Å²) in [6, 6.07) is 5.54. The van der Waals surface area contributed by atoms with Crippen LogP contribution in [0.5, 0.6) is 0 Å². The van der Waals surface area contributed by atoms with E-state index in [-0.39, 0.29) is 5.41 Å². The highest BCUT2D eigenvalue weighted by atomic mass is 35.5. The van der Waals surface area contributed by atoms with E-state index in [0.29, 0.717) is 0 Å². The SMILES string of the molecule is CCC1(c2cc(Cl)ccc2C=O)CC1. The van der Waals surface area contributed by atoms with Gasteiger partial charge in [-0.2, -0.15) is 0 Å². The summed E-state index contributed by atoms with van der Waals surface area (Å²) in [5, 5.41) is 0.727. The van der Waals surface area contributed by atoms with Gasteiger partial charge in [0.25, 0.3) is 0 Å². The molecule has 1 aromatic rings. The fourth-order valence-electron chi connectivity index (χ4n) is 2.05. The number of benzene rings is 1. The maximum atomic E-state index is 10.9. The largest absolute Gasteiger partial charge is 0.298 e. The van der Waals surface area contributed by atoms with E-state index in [2.05, 4.69) is 6.92 Å². The molecule has 1 aliphatic carbocycles. The Morgan fingerprint density at radius 1 is 1.50 bits per heavy atom. The maximum absolute atomic E-state index is 10.9. The molecule has 1 fully saturated rings. The van der Waals surface area contributed by atoms with Crippen molar-refractivity contribution in [3.8, 4) is 0 Å². The van der Waals surface area contributed by atoms with Crippen molar-refractivity contribution in [2.24, 2.45) is 0 Å². The lowest BCUT2D eigenvalue weighted by molar-refractivity contribution is 0.112. The number of rotatable bonds is 3. The highest BCUT2D eigenvalue weighted by molar-refractivity contribution is 6.30. The van der Waals surface area contributed by atoms with E-state index < -0.39 is 0 Å². The molecule has 0 aliphatic heterocycles. The van der Waals surface area contributed by atoms with Crippen LogP contribution in [0.1, 0.15) is 42.1 Å². The minimum absolute atomic E-state index is 0.251. The molecular weight excluding hydrogens is 196 g/mol. The second-order valence-electron chi connectivity index (χ2n) is 3.98. The highest BCUT2D eigenvalue weighted by Gasteiger charge is 2.43. The van der Waals surface area contributed by atoms with Gasteiger partial charge in [-0.25, -0.2) is 0 Å². The predicted octanol–water partition coefficient (Wildman–Crippen LogP) is 3.59. The molecule has 0 amide bonds. The van der Waals surface area contributed by atoms with Gasteiger partial charge in [0.15, 0.2) is 0 Å². The third-order valence-electron chi connectivity index (χ3n) is 3.24. The van der Waals surface area contributed by atoms with Crippen molar-refractivity contribution in [3.05, 3.63) is 34.3 Å². The Hall–Kier alpha value is -0.820. The topological polar surface area (TPSA) is 17.1 Å². The van der Waals surface area contributed by atoms with Crippen LogP contribution < -0.4 is 0 Å². The van der Waals surface area contributed by atoms with Gasteiger partial charge in [0.1, 0.15) is 6.29 Å². The third-order valence-corrected chi connectivity index (χ3v) is 3.48. The first-order chi connectivity index (χ1) is 6.72. The minimum Gasteiger partial charge on any atom is -0.298 e. The molecule has 0 saturated heterocycles. The minimum atomic E-state index is 0.251. The molecule has 0 bridgehead atoms. The van der Waals surface area contributed by atoms with Crippen LogP contribution in [0.25, 0.3) is 0 Å². The molecule has 0 atom stereocenters. The molecule has 1 nitrogen and oxygen atoms in total. The average molecular weight is 209 g/mol. The molecule has 0 radical (unpaired) electrons. The smallest absolute Gasteiger partial charge is 0.150 e. The van der Waals surface area contributed by atoms with Crippen molar-refractivity contribution < 1.29 is 4.79 Å². The van der Waals surface area contributed by atoms with Gasteiger partial charge in [-0.15, -0.1) is 0 Å². The quantitative estimate of drug-likeness (QED) is 0.694. The van der Waals surface area contributed by atoms with Crippen LogP contribution in [0.2, 0.25) is 5.02 Å². The van der Waals surface area contributed by atoms with Crippen LogP contribution in [0.15, 0.2) is 18.2 Å². The van der Waals surface area contributed by atoms with Gasteiger partial charge in [0.2, 0.25) is 0 Å². The molecule has 0 heterocycles. The number of aldehydes is 1. The average Bonchev–Trinajstić information content (AvgIpc) is 2.98. The van der Waals surface area contributed by atoms with Crippen molar-refractivity contribution in [2.45, 2.75) is 31.6 Å². The molecule has 1 aromatic carbocycles. The first-order valence-electron chi connectivity index (χ1n) is 4.97. The second-order valence-corrected chi connectivity index (χ2v) is 4.42. The Kier molecular flexibility index (Phi) is 2.36. The first-order valence-corrected chi connectivity index (χ1v) is 5.35. The zero-order valence-electron chi connectivity index (χ0n) is 8.22. The molecule has 1 saturated carbocycles. The predicted molar refractivity (Wildman–Crippen MR) is 58.0 cm³/mol. The molecule has 74 valence electrons. The molecule has 2 heteroatoms. The zero-order valence-corrected chi connectivity index (χ0v) is 8.97. The number of carbonyl (C=O) groups is 1. The summed E-state index contributed by atoms with van der Waals surface area (Å²) in [6.45, 7) is 2.17. The summed E-state index contributed by atoms with van der Waals surface area (Å²) >= 11 is 5.95. The van der Waals surface area contributed by atoms with Crippen molar-refractivity contribution in [1.82, 2.24) is 0 Å². The van der Waals surface area contributed by atoms with Gasteiger partial charge in [0.05, 0.1) is 0 Å². The van der Waals surface area contributed by atoms with E-state index in [1.165, 1.54) is 12.8 Å². The lowest BCUT2D eigenvalue weighted by atomic mass is 9.89. The number of hydrogen-bond donors (Lipinski definition) is 0. The van der Waals surface area contributed by atoms with E-state index in [9.17, 15) is 4.79 Å². The lowest BCUT2D eigenvalue weighted by Crippen LogP contribution is -2.07. The first kappa shape index (κ1) is 9.72. The van der Waals surface area contributed by atoms with Gasteiger partial charge in [0, 0.05) is 10.6 Å². The van der Waals surface area contributed by atoms with Crippen molar-refractivity contribution in [2.75, 3.05) is 0 Å². The molecule has 14 heavy (non-hydrogen) atoms. The monoisotopic (exact) mass is 208 g/mol. The van der Waals surface area contributed by atoms with Crippen molar-refractivity contribution >= 4 is 17.9 Å². The van der Waals surface area contributed by atoms with E-state index in [0.717, 1.165) is 28.9 Å². The van der Waals surface area contributed by atoms with Gasteiger partial charge in [-0.05, 0) is 48.4 Å². The van der Waals surface area contributed by atoms with Crippen LogP contribution in [-0.4, -0.2) is 6.29 Å². The van der Waals surface area contributed by atoms with Gasteiger partial charge >= 0.3 is 0 Å². The standard InChI is InChI=1S/C12H13ClO/c1-2-12(5-6-12)11-7-10(13)4-3-9(11)8-14/h3-4,7-8H,2,5-6H2,1H3. The van der Waals surface area contributed by atoms with Gasteiger partial charge in [-0.1, -0.05) is 18.5 Å². The summed E-state index contributed by atoms with van der Waals surface area (Å²) in [5.41, 5.74) is 2.19. The third kappa shape index (κ3) is 1.46. The Morgan fingerprint density at radius 2 is 2.21 bits per heavy atom. The second kappa shape index (κ2) is 3.39. The van der Waals surface area contributed by atoms with E-state index in [4.69, 9.17) is 11.6 Å². The fraction of sp³-hybridized carbons (Fsp3) is 0.417. The molecule has 2 rings (SSSR count). The number of halogens is 1. The number of carbonyl (C=O) groups excluding carboxylic acids is 1. The molecule has 1 aliphatic rings. The van der Waals surface area contributed by atoms with Crippen LogP contribution in [0.3, 0.4) is 0 Å². The van der Waals surface area contributed by atoms with Crippen LogP contribution >= 0.6 is 11.6 Å². The molecular formula is C12H13ClO. The summed E-state index contributed by atoms with van der Waals surface area (Å²) in [5.74, 6) is 0. The Morgan fingerprint density at radius 3 is 2.71 bits per heavy atom. The molecule has 0 aromatic heterocycles. The van der Waals surface area contributed by atoms with Gasteiger partial charge < -0.3 is 0 Å². The molecule has 0 unspecified atom stereocenters. The van der Waals surface area contributed by atoms with E-state index in [1.54, 1.807) is 6.07 Å². The van der Waals surface area contributed by atoms with E-state index >= 15 is 0 Å². The van der Waals surface area contributed by atoms with Crippen molar-refractivity contribution in [3.63, 3.8) is 0 Å². The summed E-state index contributed by atoms with van der Waals surface area (Å²) in [6.07, 6.45) is 4.39. The normalized spacial score (nSPS) is 17.9. The Balaban J connectivity index is 2.49. The summed E-state index contributed by atoms with van der Waals surface area (Å²) < 4.78 is 0. The zero-order chi connectivity index (χ0) is 10.2. The molecule has 0 spiro atoms. The molecule has 0 N–H and O–H groups in total. The number of hydrogen-bond acceptors (Lipinski definition) is 1. The maximum Gasteiger partial charge on any atom is 0.150 e. The summed E-state index contributed by atoms with van der Waals surface area (Å²) in [4.78, 5) is 10.9. The van der Waals surface area contributed by atoms with Crippen LogP contribution in [-0.2, 0) is 5.41 Å². The van der Waals surface area contributed by atoms with Crippen LogP contribution in [0.4, 0.5) is 0 Å². The summed E-state index contributed by atoms with van der Waals surface area (Å²) in [7, 11) is 0.